The Hall–Kier alpha value is -3.05. The van der Waals surface area contributed by atoms with Crippen molar-refractivity contribution in [1.82, 2.24) is 4.90 Å². The van der Waals surface area contributed by atoms with E-state index in [1.165, 1.54) is 17.2 Å². The van der Waals surface area contributed by atoms with Crippen LogP contribution in [-0.4, -0.2) is 35.7 Å². The molecule has 1 aliphatic heterocycles. The average Bonchev–Trinajstić information content (AvgIpc) is 3.04. The molecule has 1 unspecified atom stereocenters. The first-order valence-electron chi connectivity index (χ1n) is 12.9. The molecule has 192 valence electrons. The molecule has 0 aromatic heterocycles. The van der Waals surface area contributed by atoms with Gasteiger partial charge in [-0.25, -0.2) is 4.39 Å². The molecule has 4 nitrogen and oxygen atoms in total. The van der Waals surface area contributed by atoms with Crippen LogP contribution >= 0.6 is 0 Å². The number of nitrogens with two attached hydrogens (primary N) is 1. The van der Waals surface area contributed by atoms with Gasteiger partial charge in [-0.15, -0.1) is 0 Å². The zero-order chi connectivity index (χ0) is 26.3. The van der Waals surface area contributed by atoms with Crippen LogP contribution in [0.15, 0.2) is 76.9 Å². The van der Waals surface area contributed by atoms with Crippen molar-refractivity contribution in [2.45, 2.75) is 66.3 Å². The molecule has 1 heterocycles. The van der Waals surface area contributed by atoms with Gasteiger partial charge in [0.1, 0.15) is 5.82 Å². The Morgan fingerprint density at radius 1 is 1.17 bits per heavy atom. The molecule has 0 saturated heterocycles. The molecule has 2 aromatic rings. The normalized spacial score (nSPS) is 14.9. The van der Waals surface area contributed by atoms with Crippen molar-refractivity contribution in [1.29, 1.82) is 0 Å². The highest BCUT2D eigenvalue weighted by Gasteiger charge is 2.37. The fourth-order valence-corrected chi connectivity index (χ4v) is 4.83. The zero-order valence-electron chi connectivity index (χ0n) is 22.4. The van der Waals surface area contributed by atoms with E-state index in [9.17, 15) is 9.18 Å². The number of allylic oxidation sites excluding steroid dienone is 3. The smallest absolute Gasteiger partial charge is 0.222 e. The molecular formula is C31H40FN3O. The van der Waals surface area contributed by atoms with Crippen LogP contribution in [0.4, 0.5) is 4.39 Å². The minimum absolute atomic E-state index is 0.0887. The van der Waals surface area contributed by atoms with Gasteiger partial charge in [0.15, 0.2) is 0 Å². The lowest BCUT2D eigenvalue weighted by Gasteiger charge is -2.41. The minimum atomic E-state index is -0.288. The van der Waals surface area contributed by atoms with Crippen molar-refractivity contribution in [3.05, 3.63) is 94.5 Å². The summed E-state index contributed by atoms with van der Waals surface area (Å²) in [6, 6.07) is 14.9. The standard InChI is InChI=1S/C31H40FN3O/c1-6-28(36)35(19-11-18-33)30(31(3,4)5)29-24(20-23-12-8-7-9-13-23)14-10-15-27(34-29)26-21-25(32)17-16-22(26)2/h7-10,12-13,15-17,21,30H,6,11,14,18-20,33H2,1-5H3. The van der Waals surface area contributed by atoms with Crippen LogP contribution in [0.2, 0.25) is 0 Å². The second kappa shape index (κ2) is 12.3. The van der Waals surface area contributed by atoms with Gasteiger partial charge in [0, 0.05) is 18.5 Å². The Kier molecular flexibility index (Phi) is 9.38. The molecule has 36 heavy (non-hydrogen) atoms. The van der Waals surface area contributed by atoms with Crippen LogP contribution in [0.3, 0.4) is 0 Å². The molecule has 5 heteroatoms. The second-order valence-corrected chi connectivity index (χ2v) is 10.6. The monoisotopic (exact) mass is 489 g/mol. The first kappa shape index (κ1) is 27.5. The molecular weight excluding hydrogens is 449 g/mol. The summed E-state index contributed by atoms with van der Waals surface area (Å²) in [7, 11) is 0. The Balaban J connectivity index is 2.26. The number of benzene rings is 2. The van der Waals surface area contributed by atoms with Gasteiger partial charge in [-0.05, 0) is 73.1 Å². The van der Waals surface area contributed by atoms with Gasteiger partial charge >= 0.3 is 0 Å². The molecule has 0 bridgehead atoms. The highest BCUT2D eigenvalue weighted by molar-refractivity contribution is 6.10. The fraction of sp³-hybridized carbons (Fsp3) is 0.419. The maximum absolute atomic E-state index is 14.3. The summed E-state index contributed by atoms with van der Waals surface area (Å²) in [6.07, 6.45) is 6.68. The summed E-state index contributed by atoms with van der Waals surface area (Å²) in [4.78, 5) is 20.5. The number of hydrogen-bond acceptors (Lipinski definition) is 3. The van der Waals surface area contributed by atoms with Gasteiger partial charge in [-0.2, -0.15) is 0 Å². The van der Waals surface area contributed by atoms with Crippen LogP contribution in [0.25, 0.3) is 0 Å². The molecule has 1 atom stereocenters. The van der Waals surface area contributed by atoms with Gasteiger partial charge in [0.25, 0.3) is 0 Å². The Bertz CT molecular complexity index is 1140. The highest BCUT2D eigenvalue weighted by Crippen LogP contribution is 2.36. The lowest BCUT2D eigenvalue weighted by molar-refractivity contribution is -0.134. The molecule has 2 aromatic carbocycles. The van der Waals surface area contributed by atoms with Crippen molar-refractivity contribution in [2.24, 2.45) is 16.1 Å². The van der Waals surface area contributed by atoms with E-state index in [0.29, 0.717) is 25.9 Å². The molecule has 0 fully saturated rings. The van der Waals surface area contributed by atoms with E-state index in [4.69, 9.17) is 10.7 Å². The molecule has 0 aliphatic carbocycles. The lowest BCUT2D eigenvalue weighted by Crippen LogP contribution is -2.49. The maximum Gasteiger partial charge on any atom is 0.222 e. The second-order valence-electron chi connectivity index (χ2n) is 10.6. The molecule has 3 rings (SSSR count). The number of aliphatic imine (C=N–C) groups is 1. The summed E-state index contributed by atoms with van der Waals surface area (Å²) < 4.78 is 14.3. The molecule has 0 spiro atoms. The molecule has 1 aliphatic rings. The van der Waals surface area contributed by atoms with Gasteiger partial charge in [0.05, 0.1) is 17.5 Å². The first-order valence-corrected chi connectivity index (χ1v) is 12.9. The Morgan fingerprint density at radius 3 is 2.53 bits per heavy atom. The summed E-state index contributed by atoms with van der Waals surface area (Å²) >= 11 is 0. The van der Waals surface area contributed by atoms with E-state index >= 15 is 0 Å². The maximum atomic E-state index is 14.3. The van der Waals surface area contributed by atoms with Crippen molar-refractivity contribution in [2.75, 3.05) is 13.1 Å². The number of nitrogens with zero attached hydrogens (tertiary/aromatic N) is 2. The molecule has 0 radical (unpaired) electrons. The minimum Gasteiger partial charge on any atom is -0.334 e. The summed E-state index contributed by atoms with van der Waals surface area (Å²) in [5.74, 6) is -0.199. The highest BCUT2D eigenvalue weighted by atomic mass is 19.1. The number of carbonyl (C=O) groups excluding carboxylic acids is 1. The number of aryl methyl sites for hydroxylation is 1. The predicted molar refractivity (Wildman–Crippen MR) is 148 cm³/mol. The van der Waals surface area contributed by atoms with Crippen molar-refractivity contribution < 1.29 is 9.18 Å². The average molecular weight is 490 g/mol. The first-order chi connectivity index (χ1) is 17.2. The topological polar surface area (TPSA) is 58.7 Å². The van der Waals surface area contributed by atoms with Crippen LogP contribution < -0.4 is 5.73 Å². The summed E-state index contributed by atoms with van der Waals surface area (Å²) in [5, 5.41) is 0. The lowest BCUT2D eigenvalue weighted by atomic mass is 9.80. The largest absolute Gasteiger partial charge is 0.334 e. The van der Waals surface area contributed by atoms with Crippen molar-refractivity contribution >= 4 is 11.6 Å². The van der Waals surface area contributed by atoms with Crippen molar-refractivity contribution in [3.8, 4) is 0 Å². The van der Waals surface area contributed by atoms with Crippen LogP contribution in [0.1, 0.15) is 63.6 Å². The Labute approximate surface area is 215 Å². The quantitative estimate of drug-likeness (QED) is 0.444. The SMILES string of the molecule is CCC(=O)N(CCCN)C(C1=C(Cc2ccccc2)CC=CC(c2cc(F)ccc2C)=N1)C(C)(C)C. The zero-order valence-corrected chi connectivity index (χ0v) is 22.4. The number of rotatable bonds is 9. The van der Waals surface area contributed by atoms with Gasteiger partial charge in [-0.1, -0.05) is 70.2 Å². The van der Waals surface area contributed by atoms with Crippen LogP contribution in [0.5, 0.6) is 0 Å². The third-order valence-electron chi connectivity index (χ3n) is 6.60. The van der Waals surface area contributed by atoms with Gasteiger partial charge in [0.2, 0.25) is 5.91 Å². The predicted octanol–water partition coefficient (Wildman–Crippen LogP) is 6.38. The molecule has 2 N–H and O–H groups in total. The molecule has 0 saturated carbocycles. The van der Waals surface area contributed by atoms with Crippen molar-refractivity contribution in [3.63, 3.8) is 0 Å². The van der Waals surface area contributed by atoms with Crippen LogP contribution in [0, 0.1) is 18.2 Å². The summed E-state index contributed by atoms with van der Waals surface area (Å²) in [5.41, 5.74) is 11.3. The van der Waals surface area contributed by atoms with E-state index < -0.39 is 0 Å². The van der Waals surface area contributed by atoms with E-state index in [1.54, 1.807) is 12.1 Å². The number of carbonyl (C=O) groups is 1. The third-order valence-corrected chi connectivity index (χ3v) is 6.60. The van der Waals surface area contributed by atoms with Gasteiger partial charge < -0.3 is 10.6 Å². The Morgan fingerprint density at radius 2 is 1.89 bits per heavy atom. The molecule has 1 amide bonds. The van der Waals surface area contributed by atoms with E-state index in [2.05, 4.69) is 39.0 Å². The summed E-state index contributed by atoms with van der Waals surface area (Å²) in [6.45, 7) is 11.4. The van der Waals surface area contributed by atoms with E-state index in [-0.39, 0.29) is 23.2 Å². The number of halogens is 1. The van der Waals surface area contributed by atoms with E-state index in [1.807, 2.05) is 43.0 Å². The fourth-order valence-electron chi connectivity index (χ4n) is 4.83. The third kappa shape index (κ3) is 6.79. The van der Waals surface area contributed by atoms with E-state index in [0.717, 1.165) is 35.4 Å². The number of amides is 1. The van der Waals surface area contributed by atoms with Crippen LogP contribution in [-0.2, 0) is 11.2 Å². The number of hydrogen-bond donors (Lipinski definition) is 1. The van der Waals surface area contributed by atoms with Gasteiger partial charge in [-0.3, -0.25) is 9.79 Å².